The first kappa shape index (κ1) is 8.46. The van der Waals surface area contributed by atoms with Crippen molar-refractivity contribution in [1.82, 2.24) is 0 Å². The number of hydrogen-bond donors (Lipinski definition) is 2. The summed E-state index contributed by atoms with van der Waals surface area (Å²) in [5.41, 5.74) is 5.10. The van der Waals surface area contributed by atoms with Crippen LogP contribution in [0.25, 0.3) is 0 Å². The fraction of sp³-hybridized carbons (Fsp3) is 0.857. The van der Waals surface area contributed by atoms with Gasteiger partial charge < -0.3 is 10.8 Å². The minimum absolute atomic E-state index is 0.110. The van der Waals surface area contributed by atoms with Crippen LogP contribution < -0.4 is 5.73 Å². The van der Waals surface area contributed by atoms with Crippen LogP contribution in [0, 0.1) is 5.92 Å². The number of carboxylic acid groups (broad SMARTS) is 1. The van der Waals surface area contributed by atoms with E-state index in [0.717, 1.165) is 19.3 Å². The van der Waals surface area contributed by atoms with Crippen LogP contribution >= 0.6 is 0 Å². The van der Waals surface area contributed by atoms with E-state index in [-0.39, 0.29) is 5.92 Å². The van der Waals surface area contributed by atoms with Crippen molar-refractivity contribution in [1.29, 1.82) is 0 Å². The molecule has 0 heterocycles. The Balaban J connectivity index is 2.38. The van der Waals surface area contributed by atoms with Gasteiger partial charge in [0.05, 0.1) is 0 Å². The average molecular weight is 161 g/mol. The van der Waals surface area contributed by atoms with E-state index in [4.69, 9.17) is 10.8 Å². The average Bonchev–Trinajstić information content (AvgIpc) is 1.82. The highest BCUT2D eigenvalue weighted by Crippen LogP contribution is 2.32. The second-order valence-corrected chi connectivity index (χ2v) is 3.00. The molecule has 1 aliphatic carbocycles. The van der Waals surface area contributed by atoms with Crippen LogP contribution in [-0.2, 0) is 4.79 Å². The molecule has 11 heavy (non-hydrogen) atoms. The Morgan fingerprint density at radius 2 is 2.18 bits per heavy atom. The summed E-state index contributed by atoms with van der Waals surface area (Å²) in [5.74, 6) is -1.36. The lowest BCUT2D eigenvalue weighted by Crippen LogP contribution is -2.45. The Labute approximate surface area is 64.4 Å². The van der Waals surface area contributed by atoms with Gasteiger partial charge in [-0.2, -0.15) is 0 Å². The van der Waals surface area contributed by atoms with Gasteiger partial charge in [0, 0.05) is 0 Å². The molecule has 0 radical (unpaired) electrons. The molecular weight excluding hydrogens is 149 g/mol. The lowest BCUT2D eigenvalue weighted by Gasteiger charge is -2.30. The molecule has 3 N–H and O–H groups in total. The molecule has 2 atom stereocenters. The van der Waals surface area contributed by atoms with E-state index in [9.17, 15) is 9.18 Å². The van der Waals surface area contributed by atoms with Crippen molar-refractivity contribution in [3.63, 3.8) is 0 Å². The van der Waals surface area contributed by atoms with Gasteiger partial charge in [-0.15, -0.1) is 0 Å². The van der Waals surface area contributed by atoms with E-state index in [1.807, 2.05) is 0 Å². The van der Waals surface area contributed by atoms with Crippen LogP contribution in [0.3, 0.4) is 0 Å². The number of carbonyl (C=O) groups is 1. The molecular formula is C7H12FNO2. The lowest BCUT2D eigenvalue weighted by atomic mass is 9.79. The van der Waals surface area contributed by atoms with Crippen molar-refractivity contribution < 1.29 is 14.3 Å². The van der Waals surface area contributed by atoms with Gasteiger partial charge in [0.15, 0.2) is 0 Å². The molecule has 1 saturated carbocycles. The van der Waals surface area contributed by atoms with Crippen LogP contribution in [0.15, 0.2) is 0 Å². The van der Waals surface area contributed by atoms with Crippen molar-refractivity contribution in [2.45, 2.75) is 31.5 Å². The topological polar surface area (TPSA) is 63.3 Å². The summed E-state index contributed by atoms with van der Waals surface area (Å²) in [6.45, 7) is 0. The summed E-state index contributed by atoms with van der Waals surface area (Å²) >= 11 is 0. The molecule has 0 aliphatic heterocycles. The number of halogens is 1. The summed E-state index contributed by atoms with van der Waals surface area (Å²) < 4.78 is 13.0. The van der Waals surface area contributed by atoms with Crippen molar-refractivity contribution in [3.05, 3.63) is 0 Å². The quantitative estimate of drug-likeness (QED) is 0.634. The number of aliphatic carboxylic acids is 1. The number of rotatable bonds is 3. The third-order valence-corrected chi connectivity index (χ3v) is 2.23. The lowest BCUT2D eigenvalue weighted by molar-refractivity contribution is -0.141. The van der Waals surface area contributed by atoms with E-state index in [1.54, 1.807) is 0 Å². The fourth-order valence-electron chi connectivity index (χ4n) is 1.19. The van der Waals surface area contributed by atoms with Crippen LogP contribution in [0.4, 0.5) is 4.39 Å². The minimum Gasteiger partial charge on any atom is -0.480 e. The number of carboxylic acids is 1. The zero-order chi connectivity index (χ0) is 8.43. The van der Waals surface area contributed by atoms with Crippen molar-refractivity contribution in [2.24, 2.45) is 11.7 Å². The predicted molar refractivity (Wildman–Crippen MR) is 37.8 cm³/mol. The first-order valence-corrected chi connectivity index (χ1v) is 3.75. The zero-order valence-corrected chi connectivity index (χ0v) is 6.16. The standard InChI is InChI=1S/C7H12FNO2/c8-5(4-2-1-3-4)6(9)7(10)11/h4-6H,1-3,9H2,(H,10,11). The summed E-state index contributed by atoms with van der Waals surface area (Å²) in [5, 5.41) is 8.36. The Kier molecular flexibility index (Phi) is 2.44. The van der Waals surface area contributed by atoms with Gasteiger partial charge in [0.1, 0.15) is 12.2 Å². The SMILES string of the molecule is NC(C(=O)O)C(F)C1CCC1. The maximum atomic E-state index is 13.0. The van der Waals surface area contributed by atoms with Crippen molar-refractivity contribution in [3.8, 4) is 0 Å². The molecule has 1 aliphatic rings. The van der Waals surface area contributed by atoms with E-state index in [1.165, 1.54) is 0 Å². The molecule has 2 unspecified atom stereocenters. The number of alkyl halides is 1. The Morgan fingerprint density at radius 3 is 2.45 bits per heavy atom. The van der Waals surface area contributed by atoms with E-state index in [2.05, 4.69) is 0 Å². The molecule has 0 aromatic carbocycles. The Bertz CT molecular complexity index is 159. The number of hydrogen-bond acceptors (Lipinski definition) is 2. The summed E-state index contributed by atoms with van der Waals surface area (Å²) in [6.07, 6.45) is 1.20. The van der Waals surface area contributed by atoms with Crippen LogP contribution in [0.2, 0.25) is 0 Å². The molecule has 0 aromatic heterocycles. The summed E-state index contributed by atoms with van der Waals surface area (Å²) in [7, 11) is 0. The van der Waals surface area contributed by atoms with Crippen LogP contribution in [-0.4, -0.2) is 23.3 Å². The smallest absolute Gasteiger partial charge is 0.323 e. The third-order valence-electron chi connectivity index (χ3n) is 2.23. The van der Waals surface area contributed by atoms with Crippen LogP contribution in [0.1, 0.15) is 19.3 Å². The normalized spacial score (nSPS) is 23.8. The predicted octanol–water partition coefficient (Wildman–Crippen LogP) is 0.536. The summed E-state index contributed by atoms with van der Waals surface area (Å²) in [6, 6.07) is -1.33. The van der Waals surface area contributed by atoms with E-state index >= 15 is 0 Å². The van der Waals surface area contributed by atoms with E-state index < -0.39 is 18.2 Å². The van der Waals surface area contributed by atoms with E-state index in [0.29, 0.717) is 0 Å². The fourth-order valence-corrected chi connectivity index (χ4v) is 1.19. The third kappa shape index (κ3) is 1.68. The van der Waals surface area contributed by atoms with Crippen molar-refractivity contribution in [2.75, 3.05) is 0 Å². The van der Waals surface area contributed by atoms with Gasteiger partial charge >= 0.3 is 5.97 Å². The highest BCUT2D eigenvalue weighted by Gasteiger charge is 2.34. The first-order chi connectivity index (χ1) is 5.13. The molecule has 3 nitrogen and oxygen atoms in total. The van der Waals surface area contributed by atoms with Gasteiger partial charge in [-0.3, -0.25) is 4.79 Å². The highest BCUT2D eigenvalue weighted by atomic mass is 19.1. The molecule has 0 saturated heterocycles. The minimum atomic E-state index is -1.36. The monoisotopic (exact) mass is 161 g/mol. The largest absolute Gasteiger partial charge is 0.480 e. The second-order valence-electron chi connectivity index (χ2n) is 3.00. The maximum absolute atomic E-state index is 13.0. The van der Waals surface area contributed by atoms with Gasteiger partial charge in [-0.25, -0.2) is 4.39 Å². The van der Waals surface area contributed by atoms with Gasteiger partial charge in [0.2, 0.25) is 0 Å². The highest BCUT2D eigenvalue weighted by molar-refractivity contribution is 5.73. The molecule has 4 heteroatoms. The van der Waals surface area contributed by atoms with Gasteiger partial charge in [-0.05, 0) is 18.8 Å². The first-order valence-electron chi connectivity index (χ1n) is 3.75. The molecule has 1 rings (SSSR count). The van der Waals surface area contributed by atoms with Crippen molar-refractivity contribution >= 4 is 5.97 Å². The number of nitrogens with two attached hydrogens (primary N) is 1. The Morgan fingerprint density at radius 1 is 1.64 bits per heavy atom. The van der Waals surface area contributed by atoms with Crippen LogP contribution in [0.5, 0.6) is 0 Å². The molecule has 0 amide bonds. The molecule has 0 spiro atoms. The molecule has 1 fully saturated rings. The molecule has 0 aromatic rings. The maximum Gasteiger partial charge on any atom is 0.323 e. The summed E-state index contributed by atoms with van der Waals surface area (Å²) in [4.78, 5) is 10.2. The molecule has 0 bridgehead atoms. The molecule has 64 valence electrons. The van der Waals surface area contributed by atoms with Gasteiger partial charge in [0.25, 0.3) is 0 Å². The Hall–Kier alpha value is -0.640. The van der Waals surface area contributed by atoms with Gasteiger partial charge in [-0.1, -0.05) is 6.42 Å². The zero-order valence-electron chi connectivity index (χ0n) is 6.16. The second kappa shape index (κ2) is 3.17.